The van der Waals surface area contributed by atoms with Crippen LogP contribution in [0.15, 0.2) is 47.4 Å². The Morgan fingerprint density at radius 1 is 1.13 bits per heavy atom. The highest BCUT2D eigenvalue weighted by atomic mass is 16.6. The number of rotatable bonds is 7. The quantitative estimate of drug-likeness (QED) is 0.224. The Morgan fingerprint density at radius 2 is 1.80 bits per heavy atom. The number of ether oxygens (including phenoxy) is 1. The van der Waals surface area contributed by atoms with Crippen molar-refractivity contribution >= 4 is 11.5 Å². The fourth-order valence-corrected chi connectivity index (χ4v) is 3.56. The van der Waals surface area contributed by atoms with E-state index in [2.05, 4.69) is 25.7 Å². The van der Waals surface area contributed by atoms with Gasteiger partial charge in [0.05, 0.1) is 4.92 Å². The van der Waals surface area contributed by atoms with Gasteiger partial charge in [0.15, 0.2) is 11.5 Å². The van der Waals surface area contributed by atoms with E-state index in [9.17, 15) is 14.9 Å². The molecule has 0 aliphatic carbocycles. The largest absolute Gasteiger partial charge is 0.453 e. The zero-order valence-corrected chi connectivity index (χ0v) is 18.4. The minimum absolute atomic E-state index is 0.00166. The Labute approximate surface area is 179 Å². The number of carbonyl (C=O) groups excluding carboxylic acids is 1. The molecule has 0 aromatic heterocycles. The number of allylic oxidation sites excluding steroid dienone is 4. The smallest absolute Gasteiger partial charge is 0.269 e. The molecule has 1 aliphatic heterocycles. The number of benzene rings is 1. The first-order valence-corrected chi connectivity index (χ1v) is 10.7. The van der Waals surface area contributed by atoms with Crippen molar-refractivity contribution in [3.63, 3.8) is 0 Å². The van der Waals surface area contributed by atoms with Crippen LogP contribution in [0.2, 0.25) is 0 Å². The molecule has 2 rings (SSSR count). The number of hydrogen-bond donors (Lipinski definition) is 0. The van der Waals surface area contributed by atoms with Crippen molar-refractivity contribution in [1.29, 1.82) is 0 Å². The Morgan fingerprint density at radius 3 is 2.40 bits per heavy atom. The number of nitro groups is 1. The number of non-ortho nitro benzene ring substituents is 1. The van der Waals surface area contributed by atoms with Gasteiger partial charge in [0.1, 0.15) is 5.76 Å². The van der Waals surface area contributed by atoms with Crippen molar-refractivity contribution in [3.8, 4) is 11.8 Å². The van der Waals surface area contributed by atoms with Crippen LogP contribution in [0.25, 0.3) is 0 Å². The predicted molar refractivity (Wildman–Crippen MR) is 119 cm³/mol. The number of nitro benzene ring substituents is 1. The van der Waals surface area contributed by atoms with Crippen LogP contribution in [-0.2, 0) is 9.53 Å². The number of hydrogen-bond acceptors (Lipinski definition) is 4. The first-order chi connectivity index (χ1) is 14.4. The summed E-state index contributed by atoms with van der Waals surface area (Å²) in [5, 5.41) is 11.0. The van der Waals surface area contributed by atoms with E-state index in [0.29, 0.717) is 17.9 Å². The SMILES string of the molecule is CCCCC#C/C1=C(\C)[C@@H](c2ccc([N+](=O)[O-])cc2)C(C)C(=O)/C=C(/CCCC)O1. The second-order valence-corrected chi connectivity index (χ2v) is 7.75. The number of carbonyl (C=O) groups is 1. The maximum atomic E-state index is 12.9. The van der Waals surface area contributed by atoms with E-state index in [4.69, 9.17) is 4.74 Å². The summed E-state index contributed by atoms with van der Waals surface area (Å²) >= 11 is 0. The molecule has 2 atom stereocenters. The molecule has 30 heavy (non-hydrogen) atoms. The molecule has 160 valence electrons. The average Bonchev–Trinajstić information content (AvgIpc) is 2.73. The van der Waals surface area contributed by atoms with E-state index in [-0.39, 0.29) is 23.3 Å². The summed E-state index contributed by atoms with van der Waals surface area (Å²) in [6, 6.07) is 6.41. The van der Waals surface area contributed by atoms with Gasteiger partial charge in [-0.3, -0.25) is 14.9 Å². The molecule has 1 aliphatic rings. The third-order valence-corrected chi connectivity index (χ3v) is 5.41. The van der Waals surface area contributed by atoms with Gasteiger partial charge in [0.2, 0.25) is 0 Å². The molecular formula is C25H31NO4. The Hall–Kier alpha value is -2.87. The lowest BCUT2D eigenvalue weighted by Gasteiger charge is -2.27. The van der Waals surface area contributed by atoms with Crippen LogP contribution in [0, 0.1) is 27.9 Å². The van der Waals surface area contributed by atoms with Crippen LogP contribution < -0.4 is 0 Å². The van der Waals surface area contributed by atoms with E-state index in [1.165, 1.54) is 12.1 Å². The fourth-order valence-electron chi connectivity index (χ4n) is 3.56. The lowest BCUT2D eigenvalue weighted by molar-refractivity contribution is -0.384. The fraction of sp³-hybridized carbons (Fsp3) is 0.480. The summed E-state index contributed by atoms with van der Waals surface area (Å²) in [5.41, 5.74) is 1.76. The van der Waals surface area contributed by atoms with E-state index in [1.807, 2.05) is 13.8 Å². The van der Waals surface area contributed by atoms with Crippen molar-refractivity contribution in [2.75, 3.05) is 0 Å². The van der Waals surface area contributed by atoms with Gasteiger partial charge in [-0.1, -0.05) is 51.7 Å². The number of unbranched alkanes of at least 4 members (excludes halogenated alkanes) is 3. The third-order valence-electron chi connectivity index (χ3n) is 5.41. The Bertz CT molecular complexity index is 884. The second-order valence-electron chi connectivity index (χ2n) is 7.75. The van der Waals surface area contributed by atoms with Crippen molar-refractivity contribution in [3.05, 3.63) is 63.1 Å². The van der Waals surface area contributed by atoms with E-state index >= 15 is 0 Å². The predicted octanol–water partition coefficient (Wildman–Crippen LogP) is 6.46. The molecule has 5 heteroatoms. The molecule has 1 aromatic rings. The molecule has 0 spiro atoms. The summed E-state index contributed by atoms with van der Waals surface area (Å²) in [6.07, 6.45) is 7.15. The highest BCUT2D eigenvalue weighted by Gasteiger charge is 2.31. The second kappa shape index (κ2) is 11.3. The highest BCUT2D eigenvalue weighted by molar-refractivity contribution is 5.93. The summed E-state index contributed by atoms with van der Waals surface area (Å²) in [4.78, 5) is 23.5. The topological polar surface area (TPSA) is 69.4 Å². The molecule has 0 N–H and O–H groups in total. The van der Waals surface area contributed by atoms with Crippen LogP contribution in [0.5, 0.6) is 0 Å². The Kier molecular flexibility index (Phi) is 8.86. The van der Waals surface area contributed by atoms with Crippen LogP contribution in [-0.4, -0.2) is 10.7 Å². The molecule has 5 nitrogen and oxygen atoms in total. The molecule has 1 heterocycles. The first-order valence-electron chi connectivity index (χ1n) is 10.7. The molecule has 0 amide bonds. The molecule has 0 fully saturated rings. The minimum Gasteiger partial charge on any atom is -0.453 e. The van der Waals surface area contributed by atoms with Gasteiger partial charge in [-0.2, -0.15) is 0 Å². The number of ketones is 1. The molecule has 0 saturated carbocycles. The lowest BCUT2D eigenvalue weighted by atomic mass is 9.78. The van der Waals surface area contributed by atoms with Gasteiger partial charge in [-0.25, -0.2) is 0 Å². The number of nitrogens with zero attached hydrogens (tertiary/aromatic N) is 1. The van der Waals surface area contributed by atoms with Gasteiger partial charge in [-0.05, 0) is 36.8 Å². The summed E-state index contributed by atoms with van der Waals surface area (Å²) in [6.45, 7) is 8.08. The van der Waals surface area contributed by atoms with Crippen LogP contribution in [0.1, 0.15) is 77.7 Å². The van der Waals surface area contributed by atoms with Crippen molar-refractivity contribution in [2.45, 2.75) is 72.1 Å². The molecule has 0 bridgehead atoms. The van der Waals surface area contributed by atoms with Crippen molar-refractivity contribution in [2.24, 2.45) is 5.92 Å². The maximum Gasteiger partial charge on any atom is 0.269 e. The zero-order chi connectivity index (χ0) is 22.1. The van der Waals surface area contributed by atoms with E-state index in [1.54, 1.807) is 18.2 Å². The maximum absolute atomic E-state index is 12.9. The minimum atomic E-state index is -0.421. The monoisotopic (exact) mass is 409 g/mol. The third kappa shape index (κ3) is 6.06. The highest BCUT2D eigenvalue weighted by Crippen LogP contribution is 2.37. The standard InChI is InChI=1S/C25H31NO4/c1-5-7-9-10-12-24-19(4)25(20-13-15-21(16-14-20)26(28)29)18(3)23(27)17-22(30-24)11-8-6-2/h13-18,25H,5-9,11H2,1-4H3/b22-17-,24-19-/t18?,25-/m0/s1. The summed E-state index contributed by atoms with van der Waals surface area (Å²) in [7, 11) is 0. The van der Waals surface area contributed by atoms with Crippen molar-refractivity contribution in [1.82, 2.24) is 0 Å². The molecule has 0 radical (unpaired) electrons. The molecule has 1 aromatic carbocycles. The molecule has 0 saturated heterocycles. The van der Waals surface area contributed by atoms with Gasteiger partial charge in [0, 0.05) is 42.9 Å². The van der Waals surface area contributed by atoms with Gasteiger partial charge in [0.25, 0.3) is 5.69 Å². The van der Waals surface area contributed by atoms with Gasteiger partial charge < -0.3 is 4.74 Å². The van der Waals surface area contributed by atoms with Gasteiger partial charge in [-0.15, -0.1) is 0 Å². The lowest BCUT2D eigenvalue weighted by Crippen LogP contribution is -2.22. The van der Waals surface area contributed by atoms with Gasteiger partial charge >= 0.3 is 0 Å². The van der Waals surface area contributed by atoms with Crippen LogP contribution in [0.3, 0.4) is 0 Å². The summed E-state index contributed by atoms with van der Waals surface area (Å²) < 4.78 is 6.16. The average molecular weight is 410 g/mol. The molecule has 1 unspecified atom stereocenters. The Balaban J connectivity index is 2.50. The zero-order valence-electron chi connectivity index (χ0n) is 18.4. The van der Waals surface area contributed by atoms with Crippen LogP contribution >= 0.6 is 0 Å². The summed E-state index contributed by atoms with van der Waals surface area (Å²) in [5.74, 6) is 7.08. The van der Waals surface area contributed by atoms with Crippen molar-refractivity contribution < 1.29 is 14.5 Å². The molecular weight excluding hydrogens is 378 g/mol. The normalized spacial score (nSPS) is 23.3. The first kappa shape index (κ1) is 23.4. The van der Waals surface area contributed by atoms with E-state index < -0.39 is 4.92 Å². The van der Waals surface area contributed by atoms with Crippen LogP contribution in [0.4, 0.5) is 5.69 Å². The van der Waals surface area contributed by atoms with E-state index in [0.717, 1.165) is 43.2 Å².